The normalized spacial score (nSPS) is 13.3. The van der Waals surface area contributed by atoms with Gasteiger partial charge in [0.25, 0.3) is 0 Å². The van der Waals surface area contributed by atoms with E-state index in [2.05, 4.69) is 25.8 Å². The van der Waals surface area contributed by atoms with Gasteiger partial charge >= 0.3 is 0 Å². The largest absolute Gasteiger partial charge is 0.443 e. The van der Waals surface area contributed by atoms with Crippen LogP contribution in [0.15, 0.2) is 10.6 Å². The fourth-order valence-corrected chi connectivity index (χ4v) is 1.04. The molecule has 1 rings (SSSR count). The predicted molar refractivity (Wildman–Crippen MR) is 57.0 cm³/mol. The highest BCUT2D eigenvalue weighted by atomic mass is 16.4. The van der Waals surface area contributed by atoms with E-state index in [4.69, 9.17) is 10.2 Å². The van der Waals surface area contributed by atoms with Gasteiger partial charge in [-0.05, 0) is 20.3 Å². The van der Waals surface area contributed by atoms with Crippen LogP contribution in [0, 0.1) is 0 Å². The lowest BCUT2D eigenvalue weighted by Gasteiger charge is -2.19. The van der Waals surface area contributed by atoms with Gasteiger partial charge in [-0.25, -0.2) is 4.98 Å². The molecular weight excluding hydrogens is 176 g/mol. The lowest BCUT2D eigenvalue weighted by atomic mass is 9.90. The number of oxazole rings is 1. The Bertz CT molecular complexity index is 307. The number of aromatic nitrogens is 1. The zero-order valence-electron chi connectivity index (χ0n) is 9.72. The third-order valence-corrected chi connectivity index (χ3v) is 2.60. The Morgan fingerprint density at radius 2 is 1.93 bits per heavy atom. The molecule has 0 aliphatic rings. The summed E-state index contributed by atoms with van der Waals surface area (Å²) in [5, 5.41) is 0. The highest BCUT2D eigenvalue weighted by Crippen LogP contribution is 2.28. The van der Waals surface area contributed by atoms with Crippen molar-refractivity contribution in [2.24, 2.45) is 5.73 Å². The lowest BCUT2D eigenvalue weighted by molar-refractivity contribution is 0.312. The molecule has 3 nitrogen and oxygen atoms in total. The van der Waals surface area contributed by atoms with Crippen LogP contribution in [0.2, 0.25) is 0 Å². The summed E-state index contributed by atoms with van der Waals surface area (Å²) in [6.45, 7) is 10.2. The van der Waals surface area contributed by atoms with Crippen molar-refractivity contribution in [1.29, 1.82) is 0 Å². The average Bonchev–Trinajstić information content (AvgIpc) is 2.51. The molecule has 14 heavy (non-hydrogen) atoms. The maximum Gasteiger partial charge on any atom is 0.200 e. The van der Waals surface area contributed by atoms with Gasteiger partial charge in [0.15, 0.2) is 5.89 Å². The molecule has 0 spiro atoms. The molecule has 0 amide bonds. The van der Waals surface area contributed by atoms with Crippen molar-refractivity contribution < 1.29 is 4.42 Å². The van der Waals surface area contributed by atoms with E-state index in [1.807, 2.05) is 13.8 Å². The van der Waals surface area contributed by atoms with E-state index in [-0.39, 0.29) is 5.41 Å². The van der Waals surface area contributed by atoms with Crippen molar-refractivity contribution in [1.82, 2.24) is 4.98 Å². The zero-order chi connectivity index (χ0) is 11.0. The minimum absolute atomic E-state index is 0.0104. The van der Waals surface area contributed by atoms with Gasteiger partial charge in [-0.3, -0.25) is 0 Å². The van der Waals surface area contributed by atoms with Crippen LogP contribution >= 0.6 is 0 Å². The second-order valence-electron chi connectivity index (χ2n) is 4.99. The Balaban J connectivity index is 3.00. The smallest absolute Gasteiger partial charge is 0.200 e. The molecule has 0 saturated carbocycles. The van der Waals surface area contributed by atoms with Gasteiger partial charge in [0.2, 0.25) is 0 Å². The quantitative estimate of drug-likeness (QED) is 0.808. The highest BCUT2D eigenvalue weighted by molar-refractivity contribution is 5.09. The Labute approximate surface area is 85.7 Å². The molecular formula is C11H20N2O. The van der Waals surface area contributed by atoms with E-state index >= 15 is 0 Å². The minimum atomic E-state index is -0.449. The van der Waals surface area contributed by atoms with Crippen LogP contribution < -0.4 is 5.73 Å². The maximum atomic E-state index is 5.92. The SMILES string of the molecule is CCC(C)(C)c1ncc(C(C)(C)N)o1. The molecule has 0 radical (unpaired) electrons. The van der Waals surface area contributed by atoms with E-state index in [0.717, 1.165) is 18.1 Å². The van der Waals surface area contributed by atoms with Gasteiger partial charge in [0.1, 0.15) is 5.76 Å². The van der Waals surface area contributed by atoms with Crippen LogP contribution in [0.4, 0.5) is 0 Å². The van der Waals surface area contributed by atoms with E-state index in [9.17, 15) is 0 Å². The van der Waals surface area contributed by atoms with Crippen molar-refractivity contribution in [3.05, 3.63) is 17.8 Å². The molecule has 2 N–H and O–H groups in total. The molecule has 0 bridgehead atoms. The first kappa shape index (κ1) is 11.2. The number of hydrogen-bond acceptors (Lipinski definition) is 3. The summed E-state index contributed by atoms with van der Waals surface area (Å²) < 4.78 is 5.67. The van der Waals surface area contributed by atoms with Gasteiger partial charge in [-0.2, -0.15) is 0 Å². The molecule has 0 saturated heterocycles. The van der Waals surface area contributed by atoms with Crippen LogP contribution in [0.5, 0.6) is 0 Å². The monoisotopic (exact) mass is 196 g/mol. The highest BCUT2D eigenvalue weighted by Gasteiger charge is 2.27. The van der Waals surface area contributed by atoms with Crippen molar-refractivity contribution in [3.8, 4) is 0 Å². The second kappa shape index (κ2) is 3.39. The van der Waals surface area contributed by atoms with Gasteiger partial charge in [-0.15, -0.1) is 0 Å². The van der Waals surface area contributed by atoms with Gasteiger partial charge in [-0.1, -0.05) is 20.8 Å². The van der Waals surface area contributed by atoms with E-state index in [0.29, 0.717) is 0 Å². The average molecular weight is 196 g/mol. The summed E-state index contributed by atoms with van der Waals surface area (Å²) in [6, 6.07) is 0. The summed E-state index contributed by atoms with van der Waals surface area (Å²) in [5.41, 5.74) is 5.46. The van der Waals surface area contributed by atoms with Crippen LogP contribution in [-0.4, -0.2) is 4.98 Å². The van der Waals surface area contributed by atoms with E-state index in [1.54, 1.807) is 6.20 Å². The topological polar surface area (TPSA) is 52.0 Å². The first-order chi connectivity index (χ1) is 6.27. The molecule has 0 unspecified atom stereocenters. The third kappa shape index (κ3) is 2.15. The van der Waals surface area contributed by atoms with Crippen molar-refractivity contribution in [2.45, 2.75) is 52.0 Å². The number of rotatable bonds is 3. The fourth-order valence-electron chi connectivity index (χ4n) is 1.04. The molecule has 1 aromatic rings. The maximum absolute atomic E-state index is 5.92. The third-order valence-electron chi connectivity index (χ3n) is 2.60. The van der Waals surface area contributed by atoms with Crippen molar-refractivity contribution in [3.63, 3.8) is 0 Å². The summed E-state index contributed by atoms with van der Waals surface area (Å²) in [7, 11) is 0. The standard InChI is InChI=1S/C11H20N2O/c1-6-10(2,3)9-13-7-8(14-9)11(4,5)12/h7H,6,12H2,1-5H3. The Hall–Kier alpha value is -0.830. The number of nitrogens with zero attached hydrogens (tertiary/aromatic N) is 1. The van der Waals surface area contributed by atoms with Crippen LogP contribution in [0.25, 0.3) is 0 Å². The van der Waals surface area contributed by atoms with Gasteiger partial charge < -0.3 is 10.2 Å². The van der Waals surface area contributed by atoms with Crippen LogP contribution in [0.1, 0.15) is 52.7 Å². The lowest BCUT2D eigenvalue weighted by Crippen LogP contribution is -2.28. The summed E-state index contributed by atoms with van der Waals surface area (Å²) >= 11 is 0. The Morgan fingerprint density at radius 3 is 2.29 bits per heavy atom. The number of nitrogens with two attached hydrogens (primary N) is 1. The number of hydrogen-bond donors (Lipinski definition) is 1. The Morgan fingerprint density at radius 1 is 1.36 bits per heavy atom. The molecule has 0 aliphatic heterocycles. The summed E-state index contributed by atoms with van der Waals surface area (Å²) in [5.74, 6) is 1.52. The molecule has 0 atom stereocenters. The summed E-state index contributed by atoms with van der Waals surface area (Å²) in [6.07, 6.45) is 2.73. The molecule has 0 fully saturated rings. The van der Waals surface area contributed by atoms with Crippen LogP contribution in [0.3, 0.4) is 0 Å². The van der Waals surface area contributed by atoms with Gasteiger partial charge in [0, 0.05) is 5.41 Å². The molecule has 1 heterocycles. The molecule has 1 aromatic heterocycles. The molecule has 80 valence electrons. The second-order valence-corrected chi connectivity index (χ2v) is 4.99. The van der Waals surface area contributed by atoms with Gasteiger partial charge in [0.05, 0.1) is 11.7 Å². The van der Waals surface area contributed by atoms with E-state index in [1.165, 1.54) is 0 Å². The Kier molecular flexibility index (Phi) is 2.72. The van der Waals surface area contributed by atoms with E-state index < -0.39 is 5.54 Å². The molecule has 3 heteroatoms. The van der Waals surface area contributed by atoms with Crippen molar-refractivity contribution in [2.75, 3.05) is 0 Å². The fraction of sp³-hybridized carbons (Fsp3) is 0.727. The molecule has 0 aliphatic carbocycles. The molecule has 0 aromatic carbocycles. The zero-order valence-corrected chi connectivity index (χ0v) is 9.72. The van der Waals surface area contributed by atoms with Crippen LogP contribution in [-0.2, 0) is 11.0 Å². The predicted octanol–water partition coefficient (Wildman–Crippen LogP) is 2.56. The first-order valence-corrected chi connectivity index (χ1v) is 5.03. The summed E-state index contributed by atoms with van der Waals surface area (Å²) in [4.78, 5) is 4.28. The minimum Gasteiger partial charge on any atom is -0.443 e. The first-order valence-electron chi connectivity index (χ1n) is 5.03. The van der Waals surface area contributed by atoms with Crippen molar-refractivity contribution >= 4 is 0 Å².